The third-order valence-electron chi connectivity index (χ3n) is 5.59. The van der Waals surface area contributed by atoms with Crippen LogP contribution in [0, 0.1) is 0 Å². The standard InChI is InChI=1S/C17H38N4/c1-6-20(7-2)11-9-12-21(8-3)17(15-18)10-13-19(5)16(4)14-17/h16H,6-15,18H2,1-5H3. The summed E-state index contributed by atoms with van der Waals surface area (Å²) in [4.78, 5) is 7.65. The van der Waals surface area contributed by atoms with E-state index in [0.717, 1.165) is 26.2 Å². The highest BCUT2D eigenvalue weighted by Crippen LogP contribution is 2.31. The van der Waals surface area contributed by atoms with Crippen LogP contribution in [0.15, 0.2) is 0 Å². The van der Waals surface area contributed by atoms with Crippen molar-refractivity contribution >= 4 is 0 Å². The van der Waals surface area contributed by atoms with Crippen molar-refractivity contribution in [2.24, 2.45) is 5.73 Å². The Morgan fingerprint density at radius 1 is 1.14 bits per heavy atom. The highest BCUT2D eigenvalue weighted by atomic mass is 15.2. The number of nitrogens with two attached hydrogens (primary N) is 1. The number of hydrogen-bond acceptors (Lipinski definition) is 4. The molecule has 1 rings (SSSR count). The van der Waals surface area contributed by atoms with Crippen molar-refractivity contribution in [2.75, 3.05) is 52.9 Å². The van der Waals surface area contributed by atoms with E-state index in [2.05, 4.69) is 49.4 Å². The van der Waals surface area contributed by atoms with E-state index in [-0.39, 0.29) is 5.54 Å². The molecule has 0 aromatic rings. The average molecular weight is 299 g/mol. The first-order valence-electron chi connectivity index (χ1n) is 8.90. The second-order valence-electron chi connectivity index (χ2n) is 6.67. The van der Waals surface area contributed by atoms with Crippen molar-refractivity contribution < 1.29 is 0 Å². The highest BCUT2D eigenvalue weighted by Gasteiger charge is 2.39. The first kappa shape index (κ1) is 18.9. The Bertz CT molecular complexity index is 280. The van der Waals surface area contributed by atoms with Gasteiger partial charge in [0.25, 0.3) is 0 Å². The van der Waals surface area contributed by atoms with Crippen LogP contribution >= 0.6 is 0 Å². The summed E-state index contributed by atoms with van der Waals surface area (Å²) in [5, 5.41) is 0. The minimum atomic E-state index is 0.226. The van der Waals surface area contributed by atoms with Gasteiger partial charge in [-0.25, -0.2) is 0 Å². The summed E-state index contributed by atoms with van der Waals surface area (Å²) in [6.07, 6.45) is 3.67. The van der Waals surface area contributed by atoms with Gasteiger partial charge in [0.1, 0.15) is 0 Å². The number of likely N-dealkylation sites (N-methyl/N-ethyl adjacent to an activating group) is 1. The zero-order valence-corrected chi connectivity index (χ0v) is 15.1. The Labute approximate surface area is 132 Å². The Balaban J connectivity index is 2.59. The van der Waals surface area contributed by atoms with Crippen molar-refractivity contribution in [1.82, 2.24) is 14.7 Å². The van der Waals surface area contributed by atoms with Crippen LogP contribution in [-0.4, -0.2) is 79.1 Å². The maximum absolute atomic E-state index is 6.24. The lowest BCUT2D eigenvalue weighted by Crippen LogP contribution is -2.61. The monoisotopic (exact) mass is 298 g/mol. The largest absolute Gasteiger partial charge is 0.329 e. The van der Waals surface area contributed by atoms with Gasteiger partial charge in [-0.3, -0.25) is 4.90 Å². The third kappa shape index (κ3) is 4.92. The van der Waals surface area contributed by atoms with Crippen LogP contribution in [0.5, 0.6) is 0 Å². The zero-order valence-electron chi connectivity index (χ0n) is 15.1. The summed E-state index contributed by atoms with van der Waals surface area (Å²) >= 11 is 0. The van der Waals surface area contributed by atoms with Gasteiger partial charge in [-0.05, 0) is 72.5 Å². The lowest BCUT2D eigenvalue weighted by atomic mass is 9.82. The van der Waals surface area contributed by atoms with E-state index >= 15 is 0 Å². The van der Waals surface area contributed by atoms with Gasteiger partial charge in [0.05, 0.1) is 0 Å². The Hall–Kier alpha value is -0.160. The van der Waals surface area contributed by atoms with Crippen molar-refractivity contribution in [3.05, 3.63) is 0 Å². The molecule has 2 N–H and O–H groups in total. The van der Waals surface area contributed by atoms with Gasteiger partial charge in [-0.2, -0.15) is 0 Å². The van der Waals surface area contributed by atoms with Crippen LogP contribution in [0.2, 0.25) is 0 Å². The fourth-order valence-electron chi connectivity index (χ4n) is 3.77. The van der Waals surface area contributed by atoms with E-state index in [1.54, 1.807) is 0 Å². The van der Waals surface area contributed by atoms with E-state index in [1.165, 1.54) is 38.9 Å². The summed E-state index contributed by atoms with van der Waals surface area (Å²) in [7, 11) is 2.24. The van der Waals surface area contributed by atoms with Gasteiger partial charge in [0.2, 0.25) is 0 Å². The van der Waals surface area contributed by atoms with Gasteiger partial charge in [-0.1, -0.05) is 20.8 Å². The van der Waals surface area contributed by atoms with Gasteiger partial charge >= 0.3 is 0 Å². The molecule has 0 aliphatic carbocycles. The molecular formula is C17H38N4. The lowest BCUT2D eigenvalue weighted by molar-refractivity contribution is 0.0114. The molecule has 0 amide bonds. The van der Waals surface area contributed by atoms with E-state index in [9.17, 15) is 0 Å². The van der Waals surface area contributed by atoms with Crippen LogP contribution in [-0.2, 0) is 0 Å². The maximum atomic E-state index is 6.24. The molecule has 0 saturated carbocycles. The summed E-state index contributed by atoms with van der Waals surface area (Å²) in [6, 6.07) is 0.638. The number of piperidine rings is 1. The average Bonchev–Trinajstić information content (AvgIpc) is 2.51. The molecule has 4 heteroatoms. The number of hydrogen-bond donors (Lipinski definition) is 1. The predicted molar refractivity (Wildman–Crippen MR) is 92.8 cm³/mol. The highest BCUT2D eigenvalue weighted by molar-refractivity contribution is 4.98. The molecule has 4 nitrogen and oxygen atoms in total. The van der Waals surface area contributed by atoms with Gasteiger partial charge < -0.3 is 15.5 Å². The molecule has 0 radical (unpaired) electrons. The van der Waals surface area contributed by atoms with Gasteiger partial charge in [0.15, 0.2) is 0 Å². The van der Waals surface area contributed by atoms with E-state index in [4.69, 9.17) is 5.73 Å². The SMILES string of the molecule is CCN(CC)CCCN(CC)C1(CN)CCN(C)C(C)C1. The summed E-state index contributed by atoms with van der Waals surface area (Å²) in [5.74, 6) is 0. The van der Waals surface area contributed by atoms with E-state index < -0.39 is 0 Å². The summed E-state index contributed by atoms with van der Waals surface area (Å²) < 4.78 is 0. The Morgan fingerprint density at radius 3 is 2.29 bits per heavy atom. The quantitative estimate of drug-likeness (QED) is 0.705. The topological polar surface area (TPSA) is 35.7 Å². The van der Waals surface area contributed by atoms with E-state index in [0.29, 0.717) is 6.04 Å². The van der Waals surface area contributed by atoms with Gasteiger partial charge in [0, 0.05) is 18.1 Å². The number of likely N-dealkylation sites (tertiary alicyclic amines) is 1. The molecular weight excluding hydrogens is 260 g/mol. The van der Waals surface area contributed by atoms with Crippen molar-refractivity contribution in [1.29, 1.82) is 0 Å². The first-order valence-corrected chi connectivity index (χ1v) is 8.90. The minimum Gasteiger partial charge on any atom is -0.329 e. The molecule has 21 heavy (non-hydrogen) atoms. The molecule has 0 bridgehead atoms. The normalized spacial score (nSPS) is 27.7. The maximum Gasteiger partial charge on any atom is 0.0358 e. The van der Waals surface area contributed by atoms with Gasteiger partial charge in [-0.15, -0.1) is 0 Å². The molecule has 1 aliphatic rings. The molecule has 1 fully saturated rings. The molecule has 0 aromatic heterocycles. The third-order valence-corrected chi connectivity index (χ3v) is 5.59. The Morgan fingerprint density at radius 2 is 1.81 bits per heavy atom. The van der Waals surface area contributed by atoms with Crippen molar-refractivity contribution in [3.8, 4) is 0 Å². The molecule has 126 valence electrons. The Kier molecular flexibility index (Phi) is 8.17. The molecule has 0 spiro atoms. The molecule has 0 aromatic carbocycles. The molecule has 1 saturated heterocycles. The fourth-order valence-corrected chi connectivity index (χ4v) is 3.77. The minimum absolute atomic E-state index is 0.226. The van der Waals surface area contributed by atoms with Crippen molar-refractivity contribution in [2.45, 2.75) is 58.5 Å². The summed E-state index contributed by atoms with van der Waals surface area (Å²) in [5.41, 5.74) is 6.46. The number of nitrogens with zero attached hydrogens (tertiary/aromatic N) is 3. The summed E-state index contributed by atoms with van der Waals surface area (Å²) in [6.45, 7) is 16.9. The molecule has 1 aliphatic heterocycles. The smallest absolute Gasteiger partial charge is 0.0358 e. The van der Waals surface area contributed by atoms with Crippen molar-refractivity contribution in [3.63, 3.8) is 0 Å². The van der Waals surface area contributed by atoms with E-state index in [1.807, 2.05) is 0 Å². The molecule has 2 unspecified atom stereocenters. The van der Waals surface area contributed by atoms with Crippen LogP contribution in [0.4, 0.5) is 0 Å². The second kappa shape index (κ2) is 9.09. The first-order chi connectivity index (χ1) is 10.0. The fraction of sp³-hybridized carbons (Fsp3) is 1.00. The predicted octanol–water partition coefficient (Wildman–Crippen LogP) is 1.85. The second-order valence-corrected chi connectivity index (χ2v) is 6.67. The van der Waals surface area contributed by atoms with Crippen LogP contribution in [0.3, 0.4) is 0 Å². The van der Waals surface area contributed by atoms with Crippen LogP contribution in [0.25, 0.3) is 0 Å². The van der Waals surface area contributed by atoms with Crippen LogP contribution < -0.4 is 5.73 Å². The molecule has 1 heterocycles. The zero-order chi connectivity index (χ0) is 15.9. The van der Waals surface area contributed by atoms with Crippen LogP contribution in [0.1, 0.15) is 47.0 Å². The number of rotatable bonds is 9. The lowest BCUT2D eigenvalue weighted by Gasteiger charge is -2.50. The molecule has 2 atom stereocenters.